The molecule has 0 bridgehead atoms. The topological polar surface area (TPSA) is 66.3 Å². The Labute approximate surface area is 120 Å². The molecule has 1 fully saturated rings. The average Bonchev–Trinajstić information content (AvgIpc) is 3.05. The Morgan fingerprint density at radius 1 is 1.50 bits per heavy atom. The molecule has 6 heteroatoms. The number of thiazole rings is 1. The quantitative estimate of drug-likeness (QED) is 0.914. The van der Waals surface area contributed by atoms with Crippen molar-refractivity contribution in [1.82, 2.24) is 14.9 Å². The summed E-state index contributed by atoms with van der Waals surface area (Å²) in [7, 11) is 0. The Kier molecular flexibility index (Phi) is 3.50. The van der Waals surface area contributed by atoms with Crippen molar-refractivity contribution in [3.63, 3.8) is 0 Å². The molecule has 1 N–H and O–H groups in total. The third-order valence-electron chi connectivity index (χ3n) is 3.33. The zero-order chi connectivity index (χ0) is 14.1. The van der Waals surface area contributed by atoms with Crippen LogP contribution in [-0.2, 0) is 0 Å². The Bertz CT molecular complexity index is 627. The predicted octanol–water partition coefficient (Wildman–Crippen LogP) is 1.72. The third-order valence-corrected chi connectivity index (χ3v) is 4.49. The van der Waals surface area contributed by atoms with E-state index in [1.807, 2.05) is 25.1 Å². The summed E-state index contributed by atoms with van der Waals surface area (Å²) in [6.45, 7) is 2.86. The molecule has 0 radical (unpaired) electrons. The second kappa shape index (κ2) is 5.30. The van der Waals surface area contributed by atoms with E-state index in [-0.39, 0.29) is 5.91 Å². The SMILES string of the molecule is Cc1nc(-c2ccccn2)sc1C(=O)N1CC[C@@H](O)C1. The van der Waals surface area contributed by atoms with Crippen molar-refractivity contribution in [2.75, 3.05) is 13.1 Å². The molecule has 3 heterocycles. The number of rotatable bonds is 2. The second-order valence-corrected chi connectivity index (χ2v) is 5.84. The summed E-state index contributed by atoms with van der Waals surface area (Å²) in [4.78, 5) is 23.4. The van der Waals surface area contributed by atoms with Gasteiger partial charge in [-0.1, -0.05) is 6.07 Å². The minimum absolute atomic E-state index is 0.0428. The van der Waals surface area contributed by atoms with E-state index in [4.69, 9.17) is 0 Å². The summed E-state index contributed by atoms with van der Waals surface area (Å²) in [6, 6.07) is 5.63. The monoisotopic (exact) mass is 289 g/mol. The van der Waals surface area contributed by atoms with Crippen LogP contribution in [-0.4, -0.2) is 45.1 Å². The number of aromatic nitrogens is 2. The van der Waals surface area contributed by atoms with Gasteiger partial charge in [-0.05, 0) is 25.5 Å². The molecule has 3 rings (SSSR count). The second-order valence-electron chi connectivity index (χ2n) is 4.84. The maximum Gasteiger partial charge on any atom is 0.265 e. The number of carbonyl (C=O) groups is 1. The van der Waals surface area contributed by atoms with Gasteiger partial charge in [0.05, 0.1) is 17.5 Å². The highest BCUT2D eigenvalue weighted by Gasteiger charge is 2.28. The van der Waals surface area contributed by atoms with Crippen molar-refractivity contribution < 1.29 is 9.90 Å². The summed E-state index contributed by atoms with van der Waals surface area (Å²) in [6.07, 6.45) is 1.96. The molecule has 2 aromatic heterocycles. The number of aryl methyl sites for hydroxylation is 1. The standard InChI is InChI=1S/C14H15N3O2S/c1-9-12(14(19)17-7-5-10(18)8-17)20-13(16-9)11-4-2-3-6-15-11/h2-4,6,10,18H,5,7-8H2,1H3/t10-/m1/s1. The smallest absolute Gasteiger partial charge is 0.265 e. The highest BCUT2D eigenvalue weighted by atomic mass is 32.1. The molecule has 104 valence electrons. The summed E-state index contributed by atoms with van der Waals surface area (Å²) in [5.74, 6) is -0.0428. The molecule has 0 aliphatic carbocycles. The van der Waals surface area contributed by atoms with E-state index in [0.717, 1.165) is 16.4 Å². The normalized spacial score (nSPS) is 18.5. The molecule has 5 nitrogen and oxygen atoms in total. The number of hydrogen-bond donors (Lipinski definition) is 1. The number of hydrogen-bond acceptors (Lipinski definition) is 5. The number of β-amino-alcohol motifs (C(OH)–C–C–N with tert-alkyl or cyclic N) is 1. The zero-order valence-electron chi connectivity index (χ0n) is 11.1. The lowest BCUT2D eigenvalue weighted by Crippen LogP contribution is -2.29. The molecule has 0 spiro atoms. The van der Waals surface area contributed by atoms with Crippen molar-refractivity contribution in [1.29, 1.82) is 0 Å². The minimum atomic E-state index is -0.401. The molecule has 1 aliphatic rings. The first-order valence-electron chi connectivity index (χ1n) is 6.51. The third kappa shape index (κ3) is 2.44. The molecule has 0 unspecified atom stereocenters. The summed E-state index contributed by atoms with van der Waals surface area (Å²) in [5, 5.41) is 10.3. The van der Waals surface area contributed by atoms with Crippen LogP contribution in [0, 0.1) is 6.92 Å². The first kappa shape index (κ1) is 13.2. The summed E-state index contributed by atoms with van der Waals surface area (Å²) < 4.78 is 0. The van der Waals surface area contributed by atoms with Gasteiger partial charge in [-0.3, -0.25) is 9.78 Å². The van der Waals surface area contributed by atoms with Gasteiger partial charge in [0.25, 0.3) is 5.91 Å². The Morgan fingerprint density at radius 2 is 2.35 bits per heavy atom. The van der Waals surface area contributed by atoms with Crippen LogP contribution < -0.4 is 0 Å². The summed E-state index contributed by atoms with van der Waals surface area (Å²) >= 11 is 1.36. The van der Waals surface area contributed by atoms with Crippen molar-refractivity contribution in [3.8, 4) is 10.7 Å². The highest BCUT2D eigenvalue weighted by Crippen LogP contribution is 2.28. The zero-order valence-corrected chi connectivity index (χ0v) is 11.9. The van der Waals surface area contributed by atoms with Gasteiger partial charge in [-0.25, -0.2) is 4.98 Å². The van der Waals surface area contributed by atoms with Gasteiger partial charge >= 0.3 is 0 Å². The van der Waals surface area contributed by atoms with Gasteiger partial charge in [0.15, 0.2) is 0 Å². The van der Waals surface area contributed by atoms with Gasteiger partial charge < -0.3 is 10.0 Å². The van der Waals surface area contributed by atoms with Gasteiger partial charge in [0.1, 0.15) is 9.88 Å². The number of likely N-dealkylation sites (tertiary alicyclic amines) is 1. The van der Waals surface area contributed by atoms with Gasteiger partial charge in [0.2, 0.25) is 0 Å². The Morgan fingerprint density at radius 3 is 3.00 bits per heavy atom. The fraction of sp³-hybridized carbons (Fsp3) is 0.357. The van der Waals surface area contributed by atoms with E-state index in [9.17, 15) is 9.90 Å². The van der Waals surface area contributed by atoms with Crippen LogP contribution in [0.15, 0.2) is 24.4 Å². The van der Waals surface area contributed by atoms with E-state index in [2.05, 4.69) is 9.97 Å². The fourth-order valence-corrected chi connectivity index (χ4v) is 3.27. The minimum Gasteiger partial charge on any atom is -0.391 e. The predicted molar refractivity (Wildman–Crippen MR) is 76.6 cm³/mol. The van der Waals surface area contributed by atoms with Crippen LogP contribution in [0.5, 0.6) is 0 Å². The lowest BCUT2D eigenvalue weighted by atomic mass is 10.3. The number of aliphatic hydroxyl groups is 1. The molecular weight excluding hydrogens is 274 g/mol. The number of aliphatic hydroxyl groups excluding tert-OH is 1. The molecule has 0 saturated carbocycles. The van der Waals surface area contributed by atoms with Crippen LogP contribution >= 0.6 is 11.3 Å². The fourth-order valence-electron chi connectivity index (χ4n) is 2.26. The molecule has 1 amide bonds. The lowest BCUT2D eigenvalue weighted by molar-refractivity contribution is 0.0769. The van der Waals surface area contributed by atoms with E-state index in [1.54, 1.807) is 11.1 Å². The van der Waals surface area contributed by atoms with Crippen molar-refractivity contribution in [2.24, 2.45) is 0 Å². The highest BCUT2D eigenvalue weighted by molar-refractivity contribution is 7.17. The van der Waals surface area contributed by atoms with Gasteiger partial charge in [0, 0.05) is 19.3 Å². The molecule has 1 saturated heterocycles. The molecule has 1 aliphatic heterocycles. The van der Waals surface area contributed by atoms with Crippen LogP contribution in [0.1, 0.15) is 21.8 Å². The molecule has 1 atom stereocenters. The van der Waals surface area contributed by atoms with Crippen molar-refractivity contribution in [2.45, 2.75) is 19.4 Å². The Balaban J connectivity index is 1.88. The van der Waals surface area contributed by atoms with Crippen LogP contribution in [0.3, 0.4) is 0 Å². The summed E-state index contributed by atoms with van der Waals surface area (Å²) in [5.41, 5.74) is 1.50. The van der Waals surface area contributed by atoms with E-state index >= 15 is 0 Å². The van der Waals surface area contributed by atoms with Crippen LogP contribution in [0.25, 0.3) is 10.7 Å². The van der Waals surface area contributed by atoms with Gasteiger partial charge in [-0.2, -0.15) is 0 Å². The first-order valence-corrected chi connectivity index (χ1v) is 7.33. The van der Waals surface area contributed by atoms with Gasteiger partial charge in [-0.15, -0.1) is 11.3 Å². The first-order chi connectivity index (χ1) is 9.65. The maximum absolute atomic E-state index is 12.4. The number of amides is 1. The number of pyridine rings is 1. The number of nitrogens with zero attached hydrogens (tertiary/aromatic N) is 3. The lowest BCUT2D eigenvalue weighted by Gasteiger charge is -2.14. The van der Waals surface area contributed by atoms with Crippen molar-refractivity contribution >= 4 is 17.2 Å². The molecule has 2 aromatic rings. The van der Waals surface area contributed by atoms with E-state index in [0.29, 0.717) is 24.4 Å². The maximum atomic E-state index is 12.4. The molecular formula is C14H15N3O2S. The van der Waals surface area contributed by atoms with Crippen LogP contribution in [0.4, 0.5) is 0 Å². The molecule has 20 heavy (non-hydrogen) atoms. The molecule has 0 aromatic carbocycles. The van der Waals surface area contributed by atoms with E-state index in [1.165, 1.54) is 11.3 Å². The average molecular weight is 289 g/mol. The Hall–Kier alpha value is -1.79. The van der Waals surface area contributed by atoms with Crippen molar-refractivity contribution in [3.05, 3.63) is 35.0 Å². The number of carbonyl (C=O) groups excluding carboxylic acids is 1. The largest absolute Gasteiger partial charge is 0.391 e. The van der Waals surface area contributed by atoms with E-state index < -0.39 is 6.10 Å². The van der Waals surface area contributed by atoms with Crippen LogP contribution in [0.2, 0.25) is 0 Å².